The molecule has 4 rings (SSSR count). The van der Waals surface area contributed by atoms with Gasteiger partial charge in [0.05, 0.1) is 16.9 Å². The van der Waals surface area contributed by atoms with E-state index in [0.717, 1.165) is 17.8 Å². The minimum absolute atomic E-state index is 0.287. The molecule has 1 saturated carbocycles. The van der Waals surface area contributed by atoms with Gasteiger partial charge in [0.2, 0.25) is 0 Å². The standard InChI is InChI=1S/C19H15FN2O2S/c20-13-8-9-16(24-14-4-2-1-3-5-14)15(10-13)22-18(23)17-11-21-19(25-17)12-6-7-12/h1-5,8-12H,6-7H2,(H,22,23). The number of para-hydroxylation sites is 1. The topological polar surface area (TPSA) is 51.2 Å². The number of anilines is 1. The lowest BCUT2D eigenvalue weighted by Gasteiger charge is -2.12. The maximum atomic E-state index is 13.6. The van der Waals surface area contributed by atoms with Gasteiger partial charge in [-0.1, -0.05) is 18.2 Å². The molecule has 1 fully saturated rings. The average molecular weight is 354 g/mol. The molecule has 25 heavy (non-hydrogen) atoms. The van der Waals surface area contributed by atoms with E-state index in [4.69, 9.17) is 4.74 Å². The molecule has 0 saturated heterocycles. The van der Waals surface area contributed by atoms with Crippen LogP contribution < -0.4 is 10.1 Å². The summed E-state index contributed by atoms with van der Waals surface area (Å²) in [6.45, 7) is 0. The maximum Gasteiger partial charge on any atom is 0.267 e. The first-order valence-corrected chi connectivity index (χ1v) is 8.80. The van der Waals surface area contributed by atoms with E-state index in [-0.39, 0.29) is 11.6 Å². The van der Waals surface area contributed by atoms with Crippen LogP contribution in [0.25, 0.3) is 0 Å². The van der Waals surface area contributed by atoms with E-state index >= 15 is 0 Å². The zero-order valence-electron chi connectivity index (χ0n) is 13.2. The van der Waals surface area contributed by atoms with E-state index in [2.05, 4.69) is 10.3 Å². The first-order valence-electron chi connectivity index (χ1n) is 7.98. The molecular weight excluding hydrogens is 339 g/mol. The molecule has 1 amide bonds. The van der Waals surface area contributed by atoms with Gasteiger partial charge in [0, 0.05) is 12.0 Å². The Labute approximate surface area is 148 Å². The van der Waals surface area contributed by atoms with Gasteiger partial charge < -0.3 is 10.1 Å². The summed E-state index contributed by atoms with van der Waals surface area (Å²) in [6.07, 6.45) is 3.84. The Bertz CT molecular complexity index is 907. The smallest absolute Gasteiger partial charge is 0.267 e. The minimum Gasteiger partial charge on any atom is -0.455 e. The van der Waals surface area contributed by atoms with Crippen LogP contribution in [0.2, 0.25) is 0 Å². The molecule has 0 bridgehead atoms. The number of carbonyl (C=O) groups is 1. The van der Waals surface area contributed by atoms with Crippen molar-refractivity contribution in [2.75, 3.05) is 5.32 Å². The van der Waals surface area contributed by atoms with E-state index in [1.54, 1.807) is 18.3 Å². The molecule has 0 radical (unpaired) electrons. The Morgan fingerprint density at radius 3 is 2.76 bits per heavy atom. The molecule has 1 heterocycles. The lowest BCUT2D eigenvalue weighted by atomic mass is 10.2. The summed E-state index contributed by atoms with van der Waals surface area (Å²) in [6, 6.07) is 13.2. The maximum absolute atomic E-state index is 13.6. The van der Waals surface area contributed by atoms with Gasteiger partial charge in [0.25, 0.3) is 5.91 Å². The van der Waals surface area contributed by atoms with Crippen molar-refractivity contribution in [3.05, 3.63) is 70.4 Å². The molecule has 1 aromatic heterocycles. The molecule has 1 aliphatic rings. The molecule has 0 aliphatic heterocycles. The minimum atomic E-state index is -0.446. The number of halogens is 1. The van der Waals surface area contributed by atoms with Gasteiger partial charge in [-0.2, -0.15) is 0 Å². The number of hydrogen-bond donors (Lipinski definition) is 1. The van der Waals surface area contributed by atoms with Gasteiger partial charge in [0.1, 0.15) is 16.4 Å². The Kier molecular flexibility index (Phi) is 4.19. The number of rotatable bonds is 5. The lowest BCUT2D eigenvalue weighted by molar-refractivity contribution is 0.103. The summed E-state index contributed by atoms with van der Waals surface area (Å²) in [5.41, 5.74) is 0.287. The first kappa shape index (κ1) is 15.8. The second kappa shape index (κ2) is 6.64. The second-order valence-corrected chi connectivity index (χ2v) is 6.91. The van der Waals surface area contributed by atoms with Crippen LogP contribution >= 0.6 is 11.3 Å². The summed E-state index contributed by atoms with van der Waals surface area (Å²) < 4.78 is 19.4. The number of nitrogens with one attached hydrogen (secondary N) is 1. The van der Waals surface area contributed by atoms with E-state index in [1.165, 1.54) is 29.5 Å². The fourth-order valence-electron chi connectivity index (χ4n) is 2.40. The highest BCUT2D eigenvalue weighted by Gasteiger charge is 2.27. The van der Waals surface area contributed by atoms with Crippen LogP contribution in [0.4, 0.5) is 10.1 Å². The molecule has 1 N–H and O–H groups in total. The molecule has 2 aromatic carbocycles. The van der Waals surface area contributed by atoms with Gasteiger partial charge in [0.15, 0.2) is 5.75 Å². The number of benzene rings is 2. The quantitative estimate of drug-likeness (QED) is 0.685. The highest BCUT2D eigenvalue weighted by Crippen LogP contribution is 2.42. The zero-order valence-corrected chi connectivity index (χ0v) is 14.1. The molecule has 3 aromatic rings. The molecule has 6 heteroatoms. The van der Waals surface area contributed by atoms with E-state index in [1.807, 2.05) is 18.2 Å². The van der Waals surface area contributed by atoms with E-state index in [0.29, 0.717) is 22.3 Å². The highest BCUT2D eigenvalue weighted by molar-refractivity contribution is 7.13. The Morgan fingerprint density at radius 1 is 1.20 bits per heavy atom. The van der Waals surface area contributed by atoms with Gasteiger partial charge in [-0.15, -0.1) is 11.3 Å². The largest absolute Gasteiger partial charge is 0.455 e. The SMILES string of the molecule is O=C(Nc1cc(F)ccc1Oc1ccccc1)c1cnc(C2CC2)s1. The Morgan fingerprint density at radius 2 is 2.00 bits per heavy atom. The predicted octanol–water partition coefficient (Wildman–Crippen LogP) is 5.20. The summed E-state index contributed by atoms with van der Waals surface area (Å²) in [7, 11) is 0. The molecule has 0 atom stereocenters. The van der Waals surface area contributed by atoms with Crippen molar-refractivity contribution in [1.29, 1.82) is 0 Å². The van der Waals surface area contributed by atoms with Crippen LogP contribution in [-0.4, -0.2) is 10.9 Å². The number of amides is 1. The van der Waals surface area contributed by atoms with Crippen LogP contribution in [0.1, 0.15) is 33.4 Å². The lowest BCUT2D eigenvalue weighted by Crippen LogP contribution is -2.11. The molecule has 0 unspecified atom stereocenters. The van der Waals surface area contributed by atoms with Crippen LogP contribution in [0, 0.1) is 5.82 Å². The van der Waals surface area contributed by atoms with Crippen molar-refractivity contribution >= 4 is 22.9 Å². The fraction of sp³-hybridized carbons (Fsp3) is 0.158. The van der Waals surface area contributed by atoms with Crippen molar-refractivity contribution < 1.29 is 13.9 Å². The van der Waals surface area contributed by atoms with Crippen molar-refractivity contribution in [2.24, 2.45) is 0 Å². The second-order valence-electron chi connectivity index (χ2n) is 5.85. The first-order chi connectivity index (χ1) is 12.2. The molecular formula is C19H15FN2O2S. The monoisotopic (exact) mass is 354 g/mol. The molecule has 0 spiro atoms. The van der Waals surface area contributed by atoms with Crippen LogP contribution in [0.5, 0.6) is 11.5 Å². The number of nitrogens with zero attached hydrogens (tertiary/aromatic N) is 1. The third-order valence-electron chi connectivity index (χ3n) is 3.83. The summed E-state index contributed by atoms with van der Waals surface area (Å²) in [5.74, 6) is 0.732. The Hall–Kier alpha value is -2.73. The van der Waals surface area contributed by atoms with Crippen molar-refractivity contribution in [1.82, 2.24) is 4.98 Å². The van der Waals surface area contributed by atoms with Gasteiger partial charge in [-0.05, 0) is 37.1 Å². The van der Waals surface area contributed by atoms with Crippen LogP contribution in [-0.2, 0) is 0 Å². The number of thiazole rings is 1. The normalized spacial score (nSPS) is 13.5. The third-order valence-corrected chi connectivity index (χ3v) is 4.99. The third kappa shape index (κ3) is 3.69. The fourth-order valence-corrected chi connectivity index (χ4v) is 3.38. The van der Waals surface area contributed by atoms with Crippen LogP contribution in [0.3, 0.4) is 0 Å². The van der Waals surface area contributed by atoms with Crippen molar-refractivity contribution in [3.63, 3.8) is 0 Å². The predicted molar refractivity (Wildman–Crippen MR) is 95.0 cm³/mol. The zero-order chi connectivity index (χ0) is 17.2. The molecule has 126 valence electrons. The highest BCUT2D eigenvalue weighted by atomic mass is 32.1. The van der Waals surface area contributed by atoms with Gasteiger partial charge in [-0.25, -0.2) is 9.37 Å². The number of aromatic nitrogens is 1. The molecule has 1 aliphatic carbocycles. The van der Waals surface area contributed by atoms with Gasteiger partial charge >= 0.3 is 0 Å². The van der Waals surface area contributed by atoms with E-state index in [9.17, 15) is 9.18 Å². The molecule has 4 nitrogen and oxygen atoms in total. The van der Waals surface area contributed by atoms with E-state index < -0.39 is 5.82 Å². The summed E-state index contributed by atoms with van der Waals surface area (Å²) in [5, 5.41) is 3.72. The summed E-state index contributed by atoms with van der Waals surface area (Å²) in [4.78, 5) is 17.3. The number of ether oxygens (including phenoxy) is 1. The van der Waals surface area contributed by atoms with Crippen molar-refractivity contribution in [3.8, 4) is 11.5 Å². The van der Waals surface area contributed by atoms with Crippen LogP contribution in [0.15, 0.2) is 54.7 Å². The number of carbonyl (C=O) groups excluding carboxylic acids is 1. The summed E-state index contributed by atoms with van der Waals surface area (Å²) >= 11 is 1.39. The Balaban J connectivity index is 1.55. The number of hydrogen-bond acceptors (Lipinski definition) is 4. The average Bonchev–Trinajstić information content (AvgIpc) is 3.35. The van der Waals surface area contributed by atoms with Crippen molar-refractivity contribution in [2.45, 2.75) is 18.8 Å². The van der Waals surface area contributed by atoms with Gasteiger partial charge in [-0.3, -0.25) is 4.79 Å².